The Kier molecular flexibility index (Phi) is 4.38. The molecule has 120 valence electrons. The van der Waals surface area contributed by atoms with E-state index in [0.717, 1.165) is 5.56 Å². The number of halogens is 1. The summed E-state index contributed by atoms with van der Waals surface area (Å²) in [5.41, 5.74) is 1.47. The van der Waals surface area contributed by atoms with E-state index in [1.807, 2.05) is 6.92 Å². The summed E-state index contributed by atoms with van der Waals surface area (Å²) in [5, 5.41) is 5.06. The van der Waals surface area contributed by atoms with Crippen LogP contribution in [0.2, 0.25) is 0 Å². The van der Waals surface area contributed by atoms with Gasteiger partial charge in [0.1, 0.15) is 5.82 Å². The van der Waals surface area contributed by atoms with Crippen LogP contribution in [-0.2, 0) is 9.59 Å². The first-order valence-corrected chi connectivity index (χ1v) is 8.25. The fourth-order valence-corrected chi connectivity index (χ4v) is 3.27. The molecule has 1 saturated heterocycles. The quantitative estimate of drug-likeness (QED) is 0.936. The van der Waals surface area contributed by atoms with Crippen LogP contribution in [0.3, 0.4) is 0 Å². The number of aromatic nitrogens is 1. The number of carbonyl (C=O) groups is 2. The second-order valence-electron chi connectivity index (χ2n) is 5.37. The number of benzene rings is 1. The summed E-state index contributed by atoms with van der Waals surface area (Å²) in [7, 11) is 0. The van der Waals surface area contributed by atoms with Crippen molar-refractivity contribution in [2.45, 2.75) is 13.3 Å². The van der Waals surface area contributed by atoms with E-state index in [0.29, 0.717) is 23.9 Å². The smallest absolute Gasteiger partial charge is 0.231 e. The van der Waals surface area contributed by atoms with Gasteiger partial charge in [-0.2, -0.15) is 0 Å². The van der Waals surface area contributed by atoms with Gasteiger partial charge in [0.2, 0.25) is 11.8 Å². The molecule has 0 spiro atoms. The summed E-state index contributed by atoms with van der Waals surface area (Å²) < 4.78 is 12.9. The number of likely N-dealkylation sites (tertiary alicyclic amines) is 1. The maximum Gasteiger partial charge on any atom is 0.231 e. The number of anilines is 1. The Morgan fingerprint density at radius 3 is 2.83 bits per heavy atom. The summed E-state index contributed by atoms with van der Waals surface area (Å²) in [5.74, 6) is -0.808. The van der Waals surface area contributed by atoms with Crippen LogP contribution in [0.4, 0.5) is 9.52 Å². The van der Waals surface area contributed by atoms with Crippen molar-refractivity contribution >= 4 is 28.3 Å². The molecule has 1 aliphatic rings. The zero-order valence-corrected chi connectivity index (χ0v) is 13.4. The minimum atomic E-state index is -0.333. The minimum Gasteiger partial charge on any atom is -0.342 e. The Bertz CT molecular complexity index is 729. The van der Waals surface area contributed by atoms with Crippen molar-refractivity contribution in [1.29, 1.82) is 0 Å². The molecule has 0 unspecified atom stereocenters. The van der Waals surface area contributed by atoms with Crippen LogP contribution in [0.25, 0.3) is 11.3 Å². The zero-order valence-electron chi connectivity index (χ0n) is 12.6. The van der Waals surface area contributed by atoms with Crippen molar-refractivity contribution in [3.05, 3.63) is 35.5 Å². The van der Waals surface area contributed by atoms with Gasteiger partial charge in [-0.25, -0.2) is 9.37 Å². The average Bonchev–Trinajstić information content (AvgIpc) is 3.14. The molecule has 5 nitrogen and oxygen atoms in total. The minimum absolute atomic E-state index is 0.0128. The summed E-state index contributed by atoms with van der Waals surface area (Å²) >= 11 is 1.31. The molecule has 1 fully saturated rings. The Hall–Kier alpha value is -2.28. The lowest BCUT2D eigenvalue weighted by molar-refractivity contribution is -0.128. The van der Waals surface area contributed by atoms with Gasteiger partial charge in [0.25, 0.3) is 0 Å². The van der Waals surface area contributed by atoms with Crippen molar-refractivity contribution < 1.29 is 14.0 Å². The number of hydrogen-bond acceptors (Lipinski definition) is 4. The van der Waals surface area contributed by atoms with Gasteiger partial charge in [-0.1, -0.05) is 0 Å². The average molecular weight is 333 g/mol. The van der Waals surface area contributed by atoms with E-state index < -0.39 is 0 Å². The Balaban J connectivity index is 1.66. The number of hydrogen-bond donors (Lipinski definition) is 1. The van der Waals surface area contributed by atoms with Crippen LogP contribution in [0.15, 0.2) is 29.6 Å². The third-order valence-corrected chi connectivity index (χ3v) is 4.60. The highest BCUT2D eigenvalue weighted by atomic mass is 32.1. The third-order valence-electron chi connectivity index (χ3n) is 3.84. The predicted molar refractivity (Wildman–Crippen MR) is 86.5 cm³/mol. The fraction of sp³-hybridized carbons (Fsp3) is 0.312. The van der Waals surface area contributed by atoms with Gasteiger partial charge in [-0.05, 0) is 31.2 Å². The van der Waals surface area contributed by atoms with E-state index in [4.69, 9.17) is 0 Å². The molecule has 1 aliphatic heterocycles. The molecule has 0 bridgehead atoms. The molecular formula is C16H16FN3O2S. The molecular weight excluding hydrogens is 317 g/mol. The number of carbonyl (C=O) groups excluding carboxylic acids is 2. The Morgan fingerprint density at radius 1 is 1.43 bits per heavy atom. The van der Waals surface area contributed by atoms with Crippen LogP contribution in [0.5, 0.6) is 0 Å². The topological polar surface area (TPSA) is 62.3 Å². The van der Waals surface area contributed by atoms with Crippen LogP contribution < -0.4 is 5.32 Å². The summed E-state index contributed by atoms with van der Waals surface area (Å²) in [6.45, 7) is 2.97. The molecule has 3 rings (SSSR count). The first-order chi connectivity index (χ1) is 11.1. The number of amides is 2. The normalized spacial score (nSPS) is 17.6. The van der Waals surface area contributed by atoms with Gasteiger partial charge in [-0.3, -0.25) is 9.59 Å². The van der Waals surface area contributed by atoms with Gasteiger partial charge in [0.05, 0.1) is 11.6 Å². The molecule has 0 radical (unpaired) electrons. The molecule has 1 aromatic carbocycles. The van der Waals surface area contributed by atoms with Crippen molar-refractivity contribution in [2.75, 3.05) is 18.4 Å². The highest BCUT2D eigenvalue weighted by Gasteiger charge is 2.33. The van der Waals surface area contributed by atoms with Gasteiger partial charge in [-0.15, -0.1) is 11.3 Å². The molecule has 1 atom stereocenters. The molecule has 23 heavy (non-hydrogen) atoms. The molecule has 2 heterocycles. The van der Waals surface area contributed by atoms with Crippen LogP contribution in [-0.4, -0.2) is 34.8 Å². The van der Waals surface area contributed by atoms with E-state index in [1.165, 1.54) is 23.5 Å². The Labute approximate surface area is 137 Å². The third kappa shape index (κ3) is 3.39. The van der Waals surface area contributed by atoms with Crippen molar-refractivity contribution in [3.8, 4) is 11.3 Å². The molecule has 0 aliphatic carbocycles. The van der Waals surface area contributed by atoms with E-state index >= 15 is 0 Å². The van der Waals surface area contributed by atoms with E-state index in [9.17, 15) is 14.0 Å². The molecule has 2 amide bonds. The highest BCUT2D eigenvalue weighted by Crippen LogP contribution is 2.26. The van der Waals surface area contributed by atoms with E-state index in [1.54, 1.807) is 22.4 Å². The monoisotopic (exact) mass is 333 g/mol. The van der Waals surface area contributed by atoms with Gasteiger partial charge < -0.3 is 10.2 Å². The fourth-order valence-electron chi connectivity index (χ4n) is 2.55. The molecule has 1 aromatic heterocycles. The SMILES string of the molecule is CCN1C[C@@H](C(=O)Nc2nc(-c3ccc(F)cc3)cs2)CC1=O. The summed E-state index contributed by atoms with van der Waals surface area (Å²) in [4.78, 5) is 30.0. The maximum atomic E-state index is 12.9. The standard InChI is InChI=1S/C16H16FN3O2S/c1-2-20-8-11(7-14(20)21)15(22)19-16-18-13(9-23-16)10-3-5-12(17)6-4-10/h3-6,9,11H,2,7-8H2,1H3,(H,18,19,22)/t11-/m0/s1. The maximum absolute atomic E-state index is 12.9. The second kappa shape index (κ2) is 6.45. The highest BCUT2D eigenvalue weighted by molar-refractivity contribution is 7.14. The number of rotatable bonds is 4. The zero-order chi connectivity index (χ0) is 16.4. The molecule has 1 N–H and O–H groups in total. The molecule has 7 heteroatoms. The summed E-state index contributed by atoms with van der Waals surface area (Å²) in [6, 6.07) is 6.03. The molecule has 0 saturated carbocycles. The molecule has 2 aromatic rings. The number of thiazole rings is 1. The van der Waals surface area contributed by atoms with E-state index in [2.05, 4.69) is 10.3 Å². The largest absolute Gasteiger partial charge is 0.342 e. The second-order valence-corrected chi connectivity index (χ2v) is 6.23. The van der Waals surface area contributed by atoms with Crippen molar-refractivity contribution in [3.63, 3.8) is 0 Å². The van der Waals surface area contributed by atoms with Crippen molar-refractivity contribution in [1.82, 2.24) is 9.88 Å². The lowest BCUT2D eigenvalue weighted by Gasteiger charge is -2.12. The number of nitrogens with zero attached hydrogens (tertiary/aromatic N) is 2. The van der Waals surface area contributed by atoms with E-state index in [-0.39, 0.29) is 30.0 Å². The van der Waals surface area contributed by atoms with Crippen LogP contribution in [0, 0.1) is 11.7 Å². The van der Waals surface area contributed by atoms with Gasteiger partial charge >= 0.3 is 0 Å². The summed E-state index contributed by atoms with van der Waals surface area (Å²) in [6.07, 6.45) is 0.246. The van der Waals surface area contributed by atoms with Crippen LogP contribution >= 0.6 is 11.3 Å². The van der Waals surface area contributed by atoms with Crippen molar-refractivity contribution in [2.24, 2.45) is 5.92 Å². The van der Waals surface area contributed by atoms with Crippen LogP contribution in [0.1, 0.15) is 13.3 Å². The lowest BCUT2D eigenvalue weighted by Crippen LogP contribution is -2.28. The Morgan fingerprint density at radius 2 is 2.17 bits per heavy atom. The first-order valence-electron chi connectivity index (χ1n) is 7.37. The first kappa shape index (κ1) is 15.6. The van der Waals surface area contributed by atoms with Gasteiger partial charge in [0.15, 0.2) is 5.13 Å². The van der Waals surface area contributed by atoms with Gasteiger partial charge in [0, 0.05) is 30.5 Å². The lowest BCUT2D eigenvalue weighted by atomic mass is 10.1. The predicted octanol–water partition coefficient (Wildman–Crippen LogP) is 2.76. The number of nitrogens with one attached hydrogen (secondary N) is 1.